The molecule has 0 radical (unpaired) electrons. The molecule has 0 spiro atoms. The van der Waals surface area contributed by atoms with Crippen LogP contribution >= 0.6 is 15.9 Å². The van der Waals surface area contributed by atoms with Crippen molar-refractivity contribution in [1.29, 1.82) is 0 Å². The van der Waals surface area contributed by atoms with Crippen LogP contribution in [-0.2, 0) is 13.0 Å². The molecule has 1 heterocycles. The maximum atomic E-state index is 4.45. The van der Waals surface area contributed by atoms with Crippen molar-refractivity contribution >= 4 is 15.9 Å². The van der Waals surface area contributed by atoms with E-state index in [1.165, 1.54) is 16.8 Å². The zero-order valence-electron chi connectivity index (χ0n) is 12.4. The minimum Gasteiger partial charge on any atom is -0.305 e. The SMILES string of the molecule is CCNC(c1ccccc1CC)c1c(Br)cnn1CC. The molecule has 1 atom stereocenters. The molecule has 108 valence electrons. The van der Waals surface area contributed by atoms with Gasteiger partial charge in [-0.15, -0.1) is 0 Å². The number of nitrogens with zero attached hydrogens (tertiary/aromatic N) is 2. The van der Waals surface area contributed by atoms with Crippen molar-refractivity contribution < 1.29 is 0 Å². The second-order valence-corrected chi connectivity index (χ2v) is 5.59. The van der Waals surface area contributed by atoms with E-state index in [9.17, 15) is 0 Å². The Balaban J connectivity index is 2.53. The molecule has 1 aromatic heterocycles. The second kappa shape index (κ2) is 7.04. The molecule has 2 aromatic rings. The molecule has 1 unspecified atom stereocenters. The van der Waals surface area contributed by atoms with Crippen LogP contribution in [0.4, 0.5) is 0 Å². The number of halogens is 1. The molecule has 0 bridgehead atoms. The quantitative estimate of drug-likeness (QED) is 0.866. The summed E-state index contributed by atoms with van der Waals surface area (Å²) in [5.41, 5.74) is 3.93. The summed E-state index contributed by atoms with van der Waals surface area (Å²) in [6.07, 6.45) is 2.92. The fourth-order valence-electron chi connectivity index (χ4n) is 2.61. The van der Waals surface area contributed by atoms with Gasteiger partial charge in [-0.3, -0.25) is 4.68 Å². The molecule has 0 fully saturated rings. The van der Waals surface area contributed by atoms with Gasteiger partial charge >= 0.3 is 0 Å². The fourth-order valence-corrected chi connectivity index (χ4v) is 3.13. The van der Waals surface area contributed by atoms with Gasteiger partial charge in [0, 0.05) is 6.54 Å². The molecule has 2 rings (SSSR count). The highest BCUT2D eigenvalue weighted by atomic mass is 79.9. The average molecular weight is 336 g/mol. The van der Waals surface area contributed by atoms with E-state index in [0.717, 1.165) is 24.0 Å². The van der Waals surface area contributed by atoms with Crippen LogP contribution in [0.2, 0.25) is 0 Å². The van der Waals surface area contributed by atoms with Crippen LogP contribution in [0.1, 0.15) is 43.6 Å². The van der Waals surface area contributed by atoms with Crippen molar-refractivity contribution in [3.05, 3.63) is 51.8 Å². The van der Waals surface area contributed by atoms with Gasteiger partial charge in [0.1, 0.15) is 0 Å². The van der Waals surface area contributed by atoms with Crippen LogP contribution in [0.5, 0.6) is 0 Å². The normalized spacial score (nSPS) is 12.6. The highest BCUT2D eigenvalue weighted by Gasteiger charge is 2.22. The summed E-state index contributed by atoms with van der Waals surface area (Å²) >= 11 is 3.65. The molecular weight excluding hydrogens is 314 g/mol. The van der Waals surface area contributed by atoms with E-state index in [4.69, 9.17) is 0 Å². The number of rotatable bonds is 6. The maximum absolute atomic E-state index is 4.45. The van der Waals surface area contributed by atoms with Gasteiger partial charge < -0.3 is 5.32 Å². The van der Waals surface area contributed by atoms with E-state index in [1.54, 1.807) is 0 Å². The van der Waals surface area contributed by atoms with Crippen molar-refractivity contribution in [1.82, 2.24) is 15.1 Å². The first-order chi connectivity index (χ1) is 9.72. The lowest BCUT2D eigenvalue weighted by atomic mass is 9.96. The first-order valence-electron chi connectivity index (χ1n) is 7.25. The Morgan fingerprint density at radius 2 is 2.00 bits per heavy atom. The topological polar surface area (TPSA) is 29.9 Å². The van der Waals surface area contributed by atoms with Gasteiger partial charge in [-0.2, -0.15) is 5.10 Å². The number of aromatic nitrogens is 2. The smallest absolute Gasteiger partial charge is 0.0762 e. The molecule has 3 nitrogen and oxygen atoms in total. The first kappa shape index (κ1) is 15.3. The predicted octanol–water partition coefficient (Wildman–Crippen LogP) is 3.93. The Hall–Kier alpha value is -1.13. The number of hydrogen-bond acceptors (Lipinski definition) is 2. The largest absolute Gasteiger partial charge is 0.305 e. The van der Waals surface area contributed by atoms with E-state index in [0.29, 0.717) is 0 Å². The first-order valence-corrected chi connectivity index (χ1v) is 8.04. The van der Waals surface area contributed by atoms with Crippen LogP contribution in [0.25, 0.3) is 0 Å². The third-order valence-corrected chi connectivity index (χ3v) is 4.17. The number of hydrogen-bond donors (Lipinski definition) is 1. The van der Waals surface area contributed by atoms with Crippen molar-refractivity contribution in [3.8, 4) is 0 Å². The summed E-state index contributed by atoms with van der Waals surface area (Å²) < 4.78 is 3.13. The fraction of sp³-hybridized carbons (Fsp3) is 0.438. The Morgan fingerprint density at radius 3 is 2.65 bits per heavy atom. The summed E-state index contributed by atoms with van der Waals surface area (Å²) in [5, 5.41) is 8.05. The van der Waals surface area contributed by atoms with E-state index in [2.05, 4.69) is 76.1 Å². The molecule has 1 aromatic carbocycles. The number of aryl methyl sites for hydroxylation is 2. The van der Waals surface area contributed by atoms with Crippen LogP contribution in [-0.4, -0.2) is 16.3 Å². The third kappa shape index (κ3) is 2.96. The summed E-state index contributed by atoms with van der Waals surface area (Å²) in [6.45, 7) is 8.26. The number of nitrogens with one attached hydrogen (secondary N) is 1. The Kier molecular flexibility index (Phi) is 5.38. The van der Waals surface area contributed by atoms with Crippen LogP contribution < -0.4 is 5.32 Å². The minimum absolute atomic E-state index is 0.174. The van der Waals surface area contributed by atoms with Crippen molar-refractivity contribution in [2.45, 2.75) is 39.8 Å². The molecule has 0 amide bonds. The monoisotopic (exact) mass is 335 g/mol. The molecule has 0 aliphatic carbocycles. The molecule has 0 aliphatic heterocycles. The lowest BCUT2D eigenvalue weighted by molar-refractivity contribution is 0.538. The molecule has 1 N–H and O–H groups in total. The predicted molar refractivity (Wildman–Crippen MR) is 86.9 cm³/mol. The Bertz CT molecular complexity index is 563. The number of benzene rings is 1. The average Bonchev–Trinajstić information content (AvgIpc) is 2.85. The molecule has 0 saturated heterocycles. The summed E-state index contributed by atoms with van der Waals surface area (Å²) in [4.78, 5) is 0. The van der Waals surface area contributed by atoms with Crippen LogP contribution in [0, 0.1) is 0 Å². The van der Waals surface area contributed by atoms with Gasteiger partial charge in [0.2, 0.25) is 0 Å². The summed E-state index contributed by atoms with van der Waals surface area (Å²) in [5.74, 6) is 0. The lowest BCUT2D eigenvalue weighted by Gasteiger charge is -2.22. The molecule has 4 heteroatoms. The Morgan fingerprint density at radius 1 is 1.25 bits per heavy atom. The molecule has 20 heavy (non-hydrogen) atoms. The Labute approximate surface area is 129 Å². The highest BCUT2D eigenvalue weighted by molar-refractivity contribution is 9.10. The van der Waals surface area contributed by atoms with E-state index in [1.807, 2.05) is 6.20 Å². The summed E-state index contributed by atoms with van der Waals surface area (Å²) in [6, 6.07) is 8.82. The zero-order chi connectivity index (χ0) is 14.5. The lowest BCUT2D eigenvalue weighted by Crippen LogP contribution is -2.26. The standard InChI is InChI=1S/C16H22BrN3/c1-4-12-9-7-8-10-13(12)15(18-5-2)16-14(17)11-19-20(16)6-3/h7-11,15,18H,4-6H2,1-3H3. The van der Waals surface area contributed by atoms with Crippen molar-refractivity contribution in [2.24, 2.45) is 0 Å². The van der Waals surface area contributed by atoms with Gasteiger partial charge in [-0.25, -0.2) is 0 Å². The van der Waals surface area contributed by atoms with Crippen molar-refractivity contribution in [3.63, 3.8) is 0 Å². The minimum atomic E-state index is 0.174. The zero-order valence-corrected chi connectivity index (χ0v) is 13.9. The molecule has 0 aliphatic rings. The summed E-state index contributed by atoms with van der Waals surface area (Å²) in [7, 11) is 0. The van der Waals surface area contributed by atoms with Gasteiger partial charge in [0.25, 0.3) is 0 Å². The van der Waals surface area contributed by atoms with Crippen molar-refractivity contribution in [2.75, 3.05) is 6.54 Å². The molecule has 0 saturated carbocycles. The second-order valence-electron chi connectivity index (χ2n) is 4.74. The van der Waals surface area contributed by atoms with Gasteiger partial charge in [0.05, 0.1) is 22.4 Å². The van der Waals surface area contributed by atoms with Gasteiger partial charge in [0.15, 0.2) is 0 Å². The van der Waals surface area contributed by atoms with Gasteiger partial charge in [-0.05, 0) is 46.9 Å². The third-order valence-electron chi connectivity index (χ3n) is 3.56. The van der Waals surface area contributed by atoms with Crippen LogP contribution in [0.3, 0.4) is 0 Å². The van der Waals surface area contributed by atoms with E-state index < -0.39 is 0 Å². The van der Waals surface area contributed by atoms with E-state index >= 15 is 0 Å². The van der Waals surface area contributed by atoms with Crippen LogP contribution in [0.15, 0.2) is 34.9 Å². The maximum Gasteiger partial charge on any atom is 0.0762 e. The van der Waals surface area contributed by atoms with E-state index in [-0.39, 0.29) is 6.04 Å². The highest BCUT2D eigenvalue weighted by Crippen LogP contribution is 2.30. The van der Waals surface area contributed by atoms with Gasteiger partial charge in [-0.1, -0.05) is 38.1 Å². The molecular formula is C16H22BrN3.